The number of ether oxygens (including phenoxy) is 1. The first kappa shape index (κ1) is 22.4. The molecular formula is C25H24ClNO4. The van der Waals surface area contributed by atoms with Crippen LogP contribution in [0.4, 0.5) is 0 Å². The number of rotatable bonds is 7. The van der Waals surface area contributed by atoms with Crippen LogP contribution in [0.2, 0.25) is 5.02 Å². The first-order chi connectivity index (χ1) is 14.9. The molecule has 2 aromatic carbocycles. The summed E-state index contributed by atoms with van der Waals surface area (Å²) in [5.41, 5.74) is 3.16. The first-order valence-corrected chi connectivity index (χ1v) is 10.4. The molecule has 0 fully saturated rings. The van der Waals surface area contributed by atoms with Crippen molar-refractivity contribution in [1.82, 2.24) is 5.32 Å². The first-order valence-electron chi connectivity index (χ1n) is 10.0. The van der Waals surface area contributed by atoms with E-state index in [4.69, 9.17) is 16.3 Å². The third-order valence-electron chi connectivity index (χ3n) is 5.05. The van der Waals surface area contributed by atoms with E-state index >= 15 is 0 Å². The number of hydrogen-bond donors (Lipinski definition) is 2. The molecule has 0 aromatic heterocycles. The Morgan fingerprint density at radius 3 is 2.52 bits per heavy atom. The average Bonchev–Trinajstić information content (AvgIpc) is 2.76. The van der Waals surface area contributed by atoms with Crippen molar-refractivity contribution in [2.75, 3.05) is 6.61 Å². The van der Waals surface area contributed by atoms with Gasteiger partial charge in [0.05, 0.1) is 17.1 Å². The predicted molar refractivity (Wildman–Crippen MR) is 121 cm³/mol. The number of nitrogens with one attached hydrogen (secondary N) is 1. The van der Waals surface area contributed by atoms with Gasteiger partial charge in [-0.25, -0.2) is 9.59 Å². The number of aliphatic carboxylic acids is 1. The SMILES string of the molecule is CCC1=C(C(=O)OC/C=C/c2ccccc2)C(c2cccc(Cl)c2)C(C(=O)O)=C(C)N1. The van der Waals surface area contributed by atoms with E-state index in [2.05, 4.69) is 5.32 Å². The summed E-state index contributed by atoms with van der Waals surface area (Å²) < 4.78 is 5.51. The summed E-state index contributed by atoms with van der Waals surface area (Å²) in [6.07, 6.45) is 4.14. The molecule has 1 atom stereocenters. The smallest absolute Gasteiger partial charge is 0.337 e. The van der Waals surface area contributed by atoms with Gasteiger partial charge in [0.2, 0.25) is 0 Å². The van der Waals surface area contributed by atoms with E-state index in [-0.39, 0.29) is 12.2 Å². The lowest BCUT2D eigenvalue weighted by Gasteiger charge is -2.30. The standard InChI is InChI=1S/C25H24ClNO4/c1-3-20-23(25(30)31-14-8-11-17-9-5-4-6-10-17)22(18-12-7-13-19(26)15-18)21(24(28)29)16(2)27-20/h4-13,15,22,27H,3,14H2,1-2H3,(H,28,29)/b11-8+. The number of hydrogen-bond acceptors (Lipinski definition) is 4. The van der Waals surface area contributed by atoms with Gasteiger partial charge in [-0.2, -0.15) is 0 Å². The van der Waals surface area contributed by atoms with E-state index in [1.807, 2.05) is 43.3 Å². The molecule has 0 bridgehead atoms. The molecule has 0 saturated heterocycles. The molecule has 0 aliphatic carbocycles. The molecule has 0 radical (unpaired) electrons. The van der Waals surface area contributed by atoms with Crippen LogP contribution < -0.4 is 5.32 Å². The summed E-state index contributed by atoms with van der Waals surface area (Å²) in [6, 6.07) is 16.6. The van der Waals surface area contributed by atoms with Gasteiger partial charge in [0.25, 0.3) is 0 Å². The third-order valence-corrected chi connectivity index (χ3v) is 5.29. The highest BCUT2D eigenvalue weighted by atomic mass is 35.5. The minimum Gasteiger partial charge on any atom is -0.478 e. The van der Waals surface area contributed by atoms with Gasteiger partial charge < -0.3 is 15.2 Å². The molecule has 0 saturated carbocycles. The van der Waals surface area contributed by atoms with Crippen LogP contribution in [0, 0.1) is 0 Å². The topological polar surface area (TPSA) is 75.6 Å². The number of carbonyl (C=O) groups excluding carboxylic acids is 1. The second-order valence-electron chi connectivity index (χ2n) is 7.11. The normalized spacial score (nSPS) is 16.4. The van der Waals surface area contributed by atoms with Crippen LogP contribution in [0.15, 0.2) is 83.2 Å². The lowest BCUT2D eigenvalue weighted by Crippen LogP contribution is -2.32. The molecule has 1 heterocycles. The molecule has 2 aromatic rings. The highest BCUT2D eigenvalue weighted by Gasteiger charge is 2.37. The number of benzene rings is 2. The second kappa shape index (κ2) is 10.1. The van der Waals surface area contributed by atoms with Gasteiger partial charge in [0.15, 0.2) is 0 Å². The van der Waals surface area contributed by atoms with Crippen molar-refractivity contribution in [3.05, 3.63) is 99.4 Å². The Bertz CT molecular complexity index is 1070. The van der Waals surface area contributed by atoms with Gasteiger partial charge in [-0.3, -0.25) is 0 Å². The van der Waals surface area contributed by atoms with Gasteiger partial charge >= 0.3 is 11.9 Å². The Labute approximate surface area is 186 Å². The number of esters is 1. The van der Waals surface area contributed by atoms with E-state index in [0.717, 1.165) is 5.56 Å². The number of carboxylic acid groups (broad SMARTS) is 1. The molecule has 1 aliphatic heterocycles. The molecule has 0 spiro atoms. The van der Waals surface area contributed by atoms with Gasteiger partial charge in [-0.1, -0.05) is 67.1 Å². The van der Waals surface area contributed by atoms with Crippen molar-refractivity contribution >= 4 is 29.6 Å². The molecule has 6 heteroatoms. The van der Waals surface area contributed by atoms with Gasteiger partial charge in [-0.05, 0) is 42.7 Å². The van der Waals surface area contributed by atoms with Crippen molar-refractivity contribution in [2.45, 2.75) is 26.2 Å². The van der Waals surface area contributed by atoms with Gasteiger partial charge in [0, 0.05) is 16.4 Å². The highest BCUT2D eigenvalue weighted by Crippen LogP contribution is 2.40. The van der Waals surface area contributed by atoms with Crippen LogP contribution in [0.25, 0.3) is 6.08 Å². The second-order valence-corrected chi connectivity index (χ2v) is 7.55. The third kappa shape index (κ3) is 5.25. The van der Waals surface area contributed by atoms with E-state index in [1.54, 1.807) is 37.3 Å². The Balaban J connectivity index is 1.92. The molecule has 5 nitrogen and oxygen atoms in total. The zero-order valence-corrected chi connectivity index (χ0v) is 18.1. The fourth-order valence-electron chi connectivity index (χ4n) is 3.67. The zero-order chi connectivity index (χ0) is 22.4. The Morgan fingerprint density at radius 2 is 1.87 bits per heavy atom. The van der Waals surface area contributed by atoms with Crippen LogP contribution in [-0.2, 0) is 14.3 Å². The number of carboxylic acids is 1. The van der Waals surface area contributed by atoms with Gasteiger partial charge in [0.1, 0.15) is 6.61 Å². The molecular weight excluding hydrogens is 414 g/mol. The van der Waals surface area contributed by atoms with E-state index in [9.17, 15) is 14.7 Å². The number of dihydropyridines is 1. The number of carbonyl (C=O) groups is 2. The molecule has 0 amide bonds. The maximum Gasteiger partial charge on any atom is 0.337 e. The van der Waals surface area contributed by atoms with Crippen molar-refractivity contribution < 1.29 is 19.4 Å². The van der Waals surface area contributed by atoms with Crippen molar-refractivity contribution in [1.29, 1.82) is 0 Å². The van der Waals surface area contributed by atoms with Crippen molar-refractivity contribution in [2.24, 2.45) is 0 Å². The van der Waals surface area contributed by atoms with Crippen LogP contribution in [0.5, 0.6) is 0 Å². The maximum absolute atomic E-state index is 13.1. The summed E-state index contributed by atoms with van der Waals surface area (Å²) >= 11 is 6.17. The number of halogens is 1. The van der Waals surface area contributed by atoms with Crippen molar-refractivity contribution in [3.8, 4) is 0 Å². The largest absolute Gasteiger partial charge is 0.478 e. The minimum absolute atomic E-state index is 0.0710. The summed E-state index contributed by atoms with van der Waals surface area (Å²) in [7, 11) is 0. The lowest BCUT2D eigenvalue weighted by atomic mass is 9.80. The quantitative estimate of drug-likeness (QED) is 0.574. The Hall–Kier alpha value is -3.31. The van der Waals surface area contributed by atoms with Crippen LogP contribution in [0.3, 0.4) is 0 Å². The zero-order valence-electron chi connectivity index (χ0n) is 17.4. The Morgan fingerprint density at radius 1 is 1.13 bits per heavy atom. The number of allylic oxidation sites excluding steroid dienone is 2. The Kier molecular flexibility index (Phi) is 7.32. The summed E-state index contributed by atoms with van der Waals surface area (Å²) in [4.78, 5) is 25.2. The van der Waals surface area contributed by atoms with Crippen LogP contribution in [0.1, 0.15) is 37.3 Å². The fourth-order valence-corrected chi connectivity index (χ4v) is 3.87. The van der Waals surface area contributed by atoms with E-state index in [1.165, 1.54) is 0 Å². The fraction of sp³-hybridized carbons (Fsp3) is 0.200. The maximum atomic E-state index is 13.1. The molecule has 3 rings (SSSR count). The molecule has 1 unspecified atom stereocenters. The lowest BCUT2D eigenvalue weighted by molar-refractivity contribution is -0.138. The molecule has 1 aliphatic rings. The summed E-state index contributed by atoms with van der Waals surface area (Å²) in [5.74, 6) is -2.43. The molecule has 160 valence electrons. The van der Waals surface area contributed by atoms with E-state index < -0.39 is 17.9 Å². The van der Waals surface area contributed by atoms with Gasteiger partial charge in [-0.15, -0.1) is 0 Å². The van der Waals surface area contributed by atoms with Crippen molar-refractivity contribution in [3.63, 3.8) is 0 Å². The molecule has 2 N–H and O–H groups in total. The van der Waals surface area contributed by atoms with E-state index in [0.29, 0.717) is 34.0 Å². The van der Waals surface area contributed by atoms with Crippen LogP contribution >= 0.6 is 11.6 Å². The summed E-state index contributed by atoms with van der Waals surface area (Å²) in [6.45, 7) is 3.67. The predicted octanol–water partition coefficient (Wildman–Crippen LogP) is 5.31. The monoisotopic (exact) mass is 437 g/mol. The molecule has 31 heavy (non-hydrogen) atoms. The average molecular weight is 438 g/mol. The minimum atomic E-state index is -1.10. The summed E-state index contributed by atoms with van der Waals surface area (Å²) in [5, 5.41) is 13.4. The highest BCUT2D eigenvalue weighted by molar-refractivity contribution is 6.30. The van der Waals surface area contributed by atoms with Crippen LogP contribution in [-0.4, -0.2) is 23.7 Å².